The highest BCUT2D eigenvalue weighted by molar-refractivity contribution is 5.91. The number of amides is 1. The lowest BCUT2D eigenvalue weighted by Gasteiger charge is -2.23. The zero-order chi connectivity index (χ0) is 17.8. The van der Waals surface area contributed by atoms with E-state index in [4.69, 9.17) is 0 Å². The molecule has 0 unspecified atom stereocenters. The molecule has 2 aromatic rings. The van der Waals surface area contributed by atoms with Crippen molar-refractivity contribution >= 4 is 5.91 Å². The summed E-state index contributed by atoms with van der Waals surface area (Å²) in [4.78, 5) is 14.2. The van der Waals surface area contributed by atoms with E-state index in [9.17, 15) is 4.79 Å². The van der Waals surface area contributed by atoms with E-state index in [1.165, 1.54) is 19.3 Å². The van der Waals surface area contributed by atoms with E-state index in [2.05, 4.69) is 20.7 Å². The highest BCUT2D eigenvalue weighted by Gasteiger charge is 2.18. The van der Waals surface area contributed by atoms with E-state index in [-0.39, 0.29) is 5.91 Å². The van der Waals surface area contributed by atoms with Gasteiger partial charge in [0, 0.05) is 44.5 Å². The molecule has 0 saturated carbocycles. The van der Waals surface area contributed by atoms with Gasteiger partial charge in [0.05, 0.1) is 12.4 Å². The highest BCUT2D eigenvalue weighted by Crippen LogP contribution is 2.12. The molecule has 8 heteroatoms. The van der Waals surface area contributed by atoms with Crippen LogP contribution in [0.1, 0.15) is 47.4 Å². The fourth-order valence-corrected chi connectivity index (χ4v) is 3.19. The summed E-state index contributed by atoms with van der Waals surface area (Å²) in [5.74, 6) is -0.120. The first-order valence-corrected chi connectivity index (χ1v) is 8.91. The van der Waals surface area contributed by atoms with E-state index in [1.54, 1.807) is 29.0 Å². The average molecular weight is 345 g/mol. The largest absolute Gasteiger partial charge is 0.336 e. The maximum atomic E-state index is 12.6. The van der Waals surface area contributed by atoms with Gasteiger partial charge in [0.1, 0.15) is 0 Å². The first kappa shape index (κ1) is 17.6. The van der Waals surface area contributed by atoms with Crippen LogP contribution < -0.4 is 5.32 Å². The molecule has 1 aliphatic heterocycles. The predicted molar refractivity (Wildman–Crippen MR) is 94.0 cm³/mol. The van der Waals surface area contributed by atoms with Crippen molar-refractivity contribution in [2.45, 2.75) is 51.7 Å². The van der Waals surface area contributed by atoms with Gasteiger partial charge in [-0.05, 0) is 32.7 Å². The molecular weight excluding hydrogens is 318 g/mol. The van der Waals surface area contributed by atoms with E-state index in [1.807, 2.05) is 18.7 Å². The molecule has 3 rings (SSSR count). The molecule has 2 aromatic heterocycles. The molecule has 1 aliphatic rings. The smallest absolute Gasteiger partial charge is 0.276 e. The molecule has 1 saturated heterocycles. The topological polar surface area (TPSA) is 80.9 Å². The monoisotopic (exact) mass is 345 g/mol. The van der Waals surface area contributed by atoms with Crippen LogP contribution in [0.3, 0.4) is 0 Å². The fourth-order valence-electron chi connectivity index (χ4n) is 3.19. The Morgan fingerprint density at radius 2 is 2.28 bits per heavy atom. The molecular formula is C17H27N7O. The zero-order valence-electron chi connectivity index (χ0n) is 15.3. The van der Waals surface area contributed by atoms with Crippen LogP contribution in [-0.4, -0.2) is 55.2 Å². The van der Waals surface area contributed by atoms with Crippen LogP contribution in [-0.2, 0) is 20.1 Å². The van der Waals surface area contributed by atoms with Gasteiger partial charge in [-0.3, -0.25) is 14.2 Å². The van der Waals surface area contributed by atoms with Crippen molar-refractivity contribution in [1.82, 2.24) is 35.0 Å². The van der Waals surface area contributed by atoms with Gasteiger partial charge in [-0.25, -0.2) is 0 Å². The van der Waals surface area contributed by atoms with Crippen molar-refractivity contribution in [3.8, 4) is 0 Å². The molecule has 0 radical (unpaired) electrons. The number of aryl methyl sites for hydroxylation is 2. The summed E-state index contributed by atoms with van der Waals surface area (Å²) < 4.78 is 3.58. The maximum absolute atomic E-state index is 12.6. The first-order valence-electron chi connectivity index (χ1n) is 8.91. The minimum absolute atomic E-state index is 0.120. The van der Waals surface area contributed by atoms with Gasteiger partial charge >= 0.3 is 0 Å². The van der Waals surface area contributed by atoms with Crippen molar-refractivity contribution in [2.24, 2.45) is 7.05 Å². The molecule has 0 aliphatic carbocycles. The molecule has 0 spiro atoms. The van der Waals surface area contributed by atoms with Gasteiger partial charge in [0.25, 0.3) is 5.91 Å². The number of piperidine rings is 1. The third-order valence-electron chi connectivity index (χ3n) is 4.97. The molecule has 1 fully saturated rings. The lowest BCUT2D eigenvalue weighted by molar-refractivity contribution is 0.0779. The normalized spacial score (nSPS) is 17.6. The SMILES string of the molecule is Cc1c(CN(C)C(=O)c2cn(CC[C@@H]3CCCCN3)nn2)cnn1C. The van der Waals surface area contributed by atoms with Gasteiger partial charge in [-0.1, -0.05) is 11.6 Å². The zero-order valence-corrected chi connectivity index (χ0v) is 15.3. The lowest BCUT2D eigenvalue weighted by Crippen LogP contribution is -2.34. The number of carbonyl (C=O) groups excluding carboxylic acids is 1. The van der Waals surface area contributed by atoms with Crippen LogP contribution in [0.2, 0.25) is 0 Å². The quantitative estimate of drug-likeness (QED) is 0.849. The van der Waals surface area contributed by atoms with Crippen LogP contribution in [0.25, 0.3) is 0 Å². The Kier molecular flexibility index (Phi) is 5.47. The molecule has 1 amide bonds. The van der Waals surface area contributed by atoms with E-state index in [0.717, 1.165) is 30.8 Å². The molecule has 3 heterocycles. The Morgan fingerprint density at radius 1 is 1.44 bits per heavy atom. The van der Waals surface area contributed by atoms with Crippen LogP contribution in [0.4, 0.5) is 0 Å². The Labute approximate surface area is 148 Å². The van der Waals surface area contributed by atoms with Crippen molar-refractivity contribution < 1.29 is 4.79 Å². The van der Waals surface area contributed by atoms with Crippen molar-refractivity contribution in [2.75, 3.05) is 13.6 Å². The van der Waals surface area contributed by atoms with Crippen LogP contribution in [0, 0.1) is 6.92 Å². The van der Waals surface area contributed by atoms with Crippen molar-refractivity contribution in [3.05, 3.63) is 29.3 Å². The summed E-state index contributed by atoms with van der Waals surface area (Å²) in [6.07, 6.45) is 8.33. The van der Waals surface area contributed by atoms with Gasteiger partial charge in [0.15, 0.2) is 5.69 Å². The summed E-state index contributed by atoms with van der Waals surface area (Å²) in [6, 6.07) is 0.549. The summed E-state index contributed by atoms with van der Waals surface area (Å²) >= 11 is 0. The van der Waals surface area contributed by atoms with Crippen LogP contribution in [0.5, 0.6) is 0 Å². The second-order valence-electron chi connectivity index (χ2n) is 6.84. The molecule has 0 aromatic carbocycles. The maximum Gasteiger partial charge on any atom is 0.276 e. The van der Waals surface area contributed by atoms with Crippen molar-refractivity contribution in [3.63, 3.8) is 0 Å². The summed E-state index contributed by atoms with van der Waals surface area (Å²) in [5.41, 5.74) is 2.48. The van der Waals surface area contributed by atoms with Gasteiger partial charge in [-0.2, -0.15) is 5.10 Å². The number of aromatic nitrogens is 5. The van der Waals surface area contributed by atoms with Crippen LogP contribution in [0.15, 0.2) is 12.4 Å². The van der Waals surface area contributed by atoms with Crippen molar-refractivity contribution in [1.29, 1.82) is 0 Å². The number of carbonyl (C=O) groups is 1. The van der Waals surface area contributed by atoms with E-state index in [0.29, 0.717) is 18.3 Å². The third-order valence-corrected chi connectivity index (χ3v) is 4.97. The van der Waals surface area contributed by atoms with Gasteiger partial charge < -0.3 is 10.2 Å². The second kappa shape index (κ2) is 7.77. The minimum Gasteiger partial charge on any atom is -0.336 e. The number of hydrogen-bond donors (Lipinski definition) is 1. The highest BCUT2D eigenvalue weighted by atomic mass is 16.2. The number of nitrogens with zero attached hydrogens (tertiary/aromatic N) is 6. The second-order valence-corrected chi connectivity index (χ2v) is 6.84. The average Bonchev–Trinajstić information content (AvgIpc) is 3.22. The summed E-state index contributed by atoms with van der Waals surface area (Å²) in [5, 5.41) is 15.9. The predicted octanol–water partition coefficient (Wildman–Crippen LogP) is 1.12. The van der Waals surface area contributed by atoms with E-state index < -0.39 is 0 Å². The lowest BCUT2D eigenvalue weighted by atomic mass is 10.0. The number of hydrogen-bond acceptors (Lipinski definition) is 5. The Balaban J connectivity index is 1.55. The summed E-state index contributed by atoms with van der Waals surface area (Å²) in [7, 11) is 3.67. The molecule has 8 nitrogen and oxygen atoms in total. The van der Waals surface area contributed by atoms with Gasteiger partial charge in [-0.15, -0.1) is 5.10 Å². The third kappa shape index (κ3) is 4.25. The molecule has 1 N–H and O–H groups in total. The first-order chi connectivity index (χ1) is 12.0. The molecule has 136 valence electrons. The minimum atomic E-state index is -0.120. The molecule has 25 heavy (non-hydrogen) atoms. The molecule has 1 atom stereocenters. The Morgan fingerprint density at radius 3 is 2.96 bits per heavy atom. The number of rotatable bonds is 6. The fraction of sp³-hybridized carbons (Fsp3) is 0.647. The number of nitrogens with one attached hydrogen (secondary N) is 1. The molecule has 0 bridgehead atoms. The van der Waals surface area contributed by atoms with Crippen LogP contribution >= 0.6 is 0 Å². The Bertz CT molecular complexity index is 714. The van der Waals surface area contributed by atoms with E-state index >= 15 is 0 Å². The summed E-state index contributed by atoms with van der Waals surface area (Å²) in [6.45, 7) is 4.39. The van der Waals surface area contributed by atoms with Gasteiger partial charge in [0.2, 0.25) is 0 Å². The Hall–Kier alpha value is -2.22. The standard InChI is InChI=1S/C17H27N7O/c1-13-14(10-19-23(13)3)11-22(2)17(25)16-12-24(21-20-16)9-7-15-6-4-5-8-18-15/h10,12,15,18H,4-9,11H2,1-3H3/t15-/m0/s1.